The van der Waals surface area contributed by atoms with Crippen molar-refractivity contribution < 1.29 is 9.18 Å². The van der Waals surface area contributed by atoms with Gasteiger partial charge in [0, 0.05) is 23.4 Å². The lowest BCUT2D eigenvalue weighted by Crippen LogP contribution is -2.39. The van der Waals surface area contributed by atoms with E-state index < -0.39 is 0 Å². The van der Waals surface area contributed by atoms with Gasteiger partial charge in [-0.15, -0.1) is 0 Å². The van der Waals surface area contributed by atoms with Crippen molar-refractivity contribution in [2.45, 2.75) is 46.0 Å². The van der Waals surface area contributed by atoms with Crippen LogP contribution in [0, 0.1) is 19.7 Å². The smallest absolute Gasteiger partial charge is 0.238 e. The molecular formula is C26H31FN6O. The second-order valence-electron chi connectivity index (χ2n) is 8.77. The van der Waals surface area contributed by atoms with Gasteiger partial charge in [-0.25, -0.2) is 19.3 Å². The van der Waals surface area contributed by atoms with E-state index in [1.165, 1.54) is 12.3 Å². The minimum absolute atomic E-state index is 0.0265. The Labute approximate surface area is 199 Å². The summed E-state index contributed by atoms with van der Waals surface area (Å²) in [4.78, 5) is 28.1. The summed E-state index contributed by atoms with van der Waals surface area (Å²) in [5.74, 6) is 1.80. The summed E-state index contributed by atoms with van der Waals surface area (Å²) < 4.78 is 13.1. The fourth-order valence-corrected chi connectivity index (χ4v) is 4.42. The van der Waals surface area contributed by atoms with Crippen LogP contribution in [0.1, 0.15) is 48.3 Å². The molecule has 7 nitrogen and oxygen atoms in total. The van der Waals surface area contributed by atoms with Gasteiger partial charge >= 0.3 is 0 Å². The molecule has 8 heteroatoms. The van der Waals surface area contributed by atoms with Crippen molar-refractivity contribution in [1.82, 2.24) is 19.9 Å². The number of aryl methyl sites for hydroxylation is 3. The number of hydrogen-bond donors (Lipinski definition) is 2. The molecule has 3 aromatic rings. The van der Waals surface area contributed by atoms with Crippen molar-refractivity contribution in [3.05, 3.63) is 71.1 Å². The van der Waals surface area contributed by atoms with Gasteiger partial charge in [-0.2, -0.15) is 0 Å². The van der Waals surface area contributed by atoms with Gasteiger partial charge in [0.1, 0.15) is 23.3 Å². The second kappa shape index (κ2) is 10.7. The van der Waals surface area contributed by atoms with Crippen LogP contribution < -0.4 is 10.6 Å². The highest BCUT2D eigenvalue weighted by atomic mass is 19.1. The molecule has 1 aliphatic rings. The third-order valence-electron chi connectivity index (χ3n) is 6.22. The number of nitrogens with zero attached hydrogens (tertiary/aromatic N) is 4. The highest BCUT2D eigenvalue weighted by Gasteiger charge is 2.24. The van der Waals surface area contributed by atoms with Crippen molar-refractivity contribution in [3.8, 4) is 0 Å². The predicted molar refractivity (Wildman–Crippen MR) is 132 cm³/mol. The van der Waals surface area contributed by atoms with E-state index in [9.17, 15) is 9.18 Å². The number of pyridine rings is 1. The van der Waals surface area contributed by atoms with Crippen LogP contribution in [0.4, 0.5) is 21.7 Å². The normalized spacial score (nSPS) is 14.7. The number of piperidine rings is 1. The molecule has 178 valence electrons. The van der Waals surface area contributed by atoms with E-state index in [1.54, 1.807) is 6.07 Å². The lowest BCUT2D eigenvalue weighted by Gasteiger charge is -2.31. The molecule has 0 radical (unpaired) electrons. The number of rotatable bonds is 7. The summed E-state index contributed by atoms with van der Waals surface area (Å²) in [6, 6.07) is 11.0. The number of para-hydroxylation sites is 1. The quantitative estimate of drug-likeness (QED) is 0.527. The molecule has 0 aliphatic carbocycles. The molecule has 0 atom stereocenters. The van der Waals surface area contributed by atoms with Gasteiger partial charge in [0.2, 0.25) is 5.91 Å². The molecule has 1 saturated heterocycles. The molecule has 0 unspecified atom stereocenters. The molecule has 2 N–H and O–H groups in total. The molecule has 4 rings (SSSR count). The molecule has 34 heavy (non-hydrogen) atoms. The Morgan fingerprint density at radius 3 is 2.62 bits per heavy atom. The Kier molecular flexibility index (Phi) is 7.47. The Morgan fingerprint density at radius 1 is 1.12 bits per heavy atom. The molecular weight excluding hydrogens is 431 g/mol. The average Bonchev–Trinajstić information content (AvgIpc) is 2.82. The van der Waals surface area contributed by atoms with Gasteiger partial charge in [-0.05, 0) is 69.5 Å². The Balaban J connectivity index is 1.34. The number of aromatic nitrogens is 3. The molecule has 0 bridgehead atoms. The fraction of sp³-hybridized carbons (Fsp3) is 0.385. The monoisotopic (exact) mass is 462 g/mol. The van der Waals surface area contributed by atoms with Crippen LogP contribution in [-0.2, 0) is 11.2 Å². The Morgan fingerprint density at radius 2 is 1.91 bits per heavy atom. The maximum Gasteiger partial charge on any atom is 0.238 e. The van der Waals surface area contributed by atoms with Crippen LogP contribution in [-0.4, -0.2) is 45.4 Å². The van der Waals surface area contributed by atoms with Gasteiger partial charge < -0.3 is 10.6 Å². The van der Waals surface area contributed by atoms with E-state index in [-0.39, 0.29) is 11.7 Å². The molecule has 0 saturated carbocycles. The number of hydrogen-bond acceptors (Lipinski definition) is 6. The zero-order valence-corrected chi connectivity index (χ0v) is 19.9. The molecule has 3 heterocycles. The third kappa shape index (κ3) is 5.94. The molecule has 1 aromatic carbocycles. The first-order valence-corrected chi connectivity index (χ1v) is 11.8. The zero-order valence-electron chi connectivity index (χ0n) is 19.9. The Hall–Kier alpha value is -3.39. The van der Waals surface area contributed by atoms with Crippen molar-refractivity contribution in [3.63, 3.8) is 0 Å². The first-order chi connectivity index (χ1) is 16.4. The summed E-state index contributed by atoms with van der Waals surface area (Å²) in [5.41, 5.74) is 4.17. The first-order valence-electron chi connectivity index (χ1n) is 11.8. The SMILES string of the molecule is CCc1cccc(C)c1NC(=O)CN1CCC(c2cc(Nc3ccc(F)cn3)nc(C)n2)CC1. The average molecular weight is 463 g/mol. The maximum atomic E-state index is 13.1. The third-order valence-corrected chi connectivity index (χ3v) is 6.22. The van der Waals surface area contributed by atoms with E-state index in [2.05, 4.69) is 43.5 Å². The van der Waals surface area contributed by atoms with Gasteiger partial charge in [-0.3, -0.25) is 9.69 Å². The van der Waals surface area contributed by atoms with Gasteiger partial charge in [0.25, 0.3) is 0 Å². The van der Waals surface area contributed by atoms with Crippen molar-refractivity contribution >= 4 is 23.2 Å². The number of halogens is 1. The van der Waals surface area contributed by atoms with E-state index in [0.717, 1.165) is 54.9 Å². The van der Waals surface area contributed by atoms with Crippen LogP contribution in [0.15, 0.2) is 42.6 Å². The summed E-state index contributed by atoms with van der Waals surface area (Å²) >= 11 is 0. The molecule has 1 aliphatic heterocycles. The van der Waals surface area contributed by atoms with Gasteiger partial charge in [-0.1, -0.05) is 25.1 Å². The van der Waals surface area contributed by atoms with Crippen LogP contribution in [0.25, 0.3) is 0 Å². The summed E-state index contributed by atoms with van der Waals surface area (Å²) in [7, 11) is 0. The lowest BCUT2D eigenvalue weighted by atomic mass is 9.93. The number of benzene rings is 1. The van der Waals surface area contributed by atoms with Gasteiger partial charge in [0.05, 0.1) is 12.7 Å². The number of likely N-dealkylation sites (tertiary alicyclic amines) is 1. The Bertz CT molecular complexity index is 1140. The topological polar surface area (TPSA) is 83.0 Å². The summed E-state index contributed by atoms with van der Waals surface area (Å²) in [6.45, 7) is 8.04. The summed E-state index contributed by atoms with van der Waals surface area (Å²) in [6.07, 6.45) is 3.89. The molecule has 2 aromatic heterocycles. The molecule has 1 amide bonds. The number of nitrogens with one attached hydrogen (secondary N) is 2. The maximum absolute atomic E-state index is 13.1. The van der Waals surface area contributed by atoms with Crippen LogP contribution in [0.5, 0.6) is 0 Å². The van der Waals surface area contributed by atoms with Crippen molar-refractivity contribution in [2.75, 3.05) is 30.3 Å². The standard InChI is InChI=1S/C26H31FN6O/c1-4-19-7-5-6-17(2)26(19)32-25(34)16-33-12-10-20(11-13-33)22-14-24(30-18(3)29-22)31-23-9-8-21(27)15-28-23/h5-9,14-15,20H,4,10-13,16H2,1-3H3,(H,32,34)(H,28,29,30,31). The predicted octanol–water partition coefficient (Wildman–Crippen LogP) is 4.75. The number of anilines is 3. The lowest BCUT2D eigenvalue weighted by molar-refractivity contribution is -0.117. The summed E-state index contributed by atoms with van der Waals surface area (Å²) in [5, 5.41) is 6.25. The van der Waals surface area contributed by atoms with Gasteiger partial charge in [0.15, 0.2) is 0 Å². The van der Waals surface area contributed by atoms with E-state index >= 15 is 0 Å². The van der Waals surface area contributed by atoms with Crippen molar-refractivity contribution in [2.24, 2.45) is 0 Å². The van der Waals surface area contributed by atoms with Crippen molar-refractivity contribution in [1.29, 1.82) is 0 Å². The fourth-order valence-electron chi connectivity index (χ4n) is 4.42. The molecule has 1 fully saturated rings. The first kappa shape index (κ1) is 23.8. The van der Waals surface area contributed by atoms with E-state index in [1.807, 2.05) is 32.0 Å². The molecule has 0 spiro atoms. The highest BCUT2D eigenvalue weighted by molar-refractivity contribution is 5.93. The van der Waals surface area contributed by atoms with Crippen LogP contribution in [0.3, 0.4) is 0 Å². The number of carbonyl (C=O) groups is 1. The highest BCUT2D eigenvalue weighted by Crippen LogP contribution is 2.29. The largest absolute Gasteiger partial charge is 0.325 e. The van der Waals surface area contributed by atoms with Crippen LogP contribution in [0.2, 0.25) is 0 Å². The second-order valence-corrected chi connectivity index (χ2v) is 8.77. The minimum atomic E-state index is -0.379. The van der Waals surface area contributed by atoms with E-state index in [0.29, 0.717) is 29.9 Å². The number of carbonyl (C=O) groups excluding carboxylic acids is 1. The van der Waals surface area contributed by atoms with E-state index in [4.69, 9.17) is 0 Å². The number of amides is 1. The van der Waals surface area contributed by atoms with Crippen LogP contribution >= 0.6 is 0 Å². The zero-order chi connectivity index (χ0) is 24.1. The minimum Gasteiger partial charge on any atom is -0.325 e.